The Bertz CT molecular complexity index is 845. The van der Waals surface area contributed by atoms with Gasteiger partial charge in [0, 0.05) is 49.9 Å². The Kier molecular flexibility index (Phi) is 6.62. The highest BCUT2D eigenvalue weighted by Crippen LogP contribution is 2.23. The number of rotatable bonds is 4. The van der Waals surface area contributed by atoms with Crippen molar-refractivity contribution in [1.82, 2.24) is 15.1 Å². The zero-order valence-electron chi connectivity index (χ0n) is 17.8. The third kappa shape index (κ3) is 4.98. The number of amides is 2. The Morgan fingerprint density at radius 2 is 1.60 bits per heavy atom. The molecule has 0 bridgehead atoms. The molecule has 0 aliphatic carbocycles. The van der Waals surface area contributed by atoms with Crippen LogP contribution in [0.5, 0.6) is 0 Å². The van der Waals surface area contributed by atoms with Gasteiger partial charge in [-0.1, -0.05) is 13.0 Å². The lowest BCUT2D eigenvalue weighted by molar-refractivity contribution is 0.208. The molecule has 1 N–H and O–H groups in total. The maximum atomic E-state index is 12.6. The first-order chi connectivity index (χ1) is 14.6. The van der Waals surface area contributed by atoms with E-state index in [1.54, 1.807) is 11.8 Å². The summed E-state index contributed by atoms with van der Waals surface area (Å²) in [4.78, 5) is 20.1. The number of urea groups is 1. The highest BCUT2D eigenvalue weighted by molar-refractivity contribution is 7.98. The molecule has 2 aromatic rings. The third-order valence-corrected chi connectivity index (χ3v) is 6.68. The lowest BCUT2D eigenvalue weighted by atomic mass is 9.99. The predicted octanol–water partition coefficient (Wildman–Crippen LogP) is 3.79. The van der Waals surface area contributed by atoms with Gasteiger partial charge < -0.3 is 20.0 Å². The van der Waals surface area contributed by atoms with E-state index < -0.39 is 0 Å². The molecular weight excluding hydrogens is 396 g/mol. The molecule has 30 heavy (non-hydrogen) atoms. The average Bonchev–Trinajstić information content (AvgIpc) is 2.80. The second-order valence-electron chi connectivity index (χ2n) is 8.06. The Morgan fingerprint density at radius 1 is 0.967 bits per heavy atom. The summed E-state index contributed by atoms with van der Waals surface area (Å²) in [6, 6.07) is 12.0. The Hall–Kier alpha value is -2.48. The van der Waals surface area contributed by atoms with E-state index in [0.717, 1.165) is 54.3 Å². The number of nitrogens with one attached hydrogen (secondary N) is 1. The molecule has 2 fully saturated rings. The molecule has 4 rings (SSSR count). The molecule has 2 amide bonds. The molecule has 0 saturated carbocycles. The molecule has 0 spiro atoms. The van der Waals surface area contributed by atoms with Gasteiger partial charge in [-0.3, -0.25) is 0 Å². The monoisotopic (exact) mass is 426 g/mol. The van der Waals surface area contributed by atoms with Crippen molar-refractivity contribution in [3.8, 4) is 0 Å². The Morgan fingerprint density at radius 3 is 2.20 bits per heavy atom. The summed E-state index contributed by atoms with van der Waals surface area (Å²) in [5.74, 6) is 2.66. The fourth-order valence-electron chi connectivity index (χ4n) is 3.94. The lowest BCUT2D eigenvalue weighted by Gasteiger charge is -2.35. The number of aromatic nitrogens is 2. The fourth-order valence-corrected chi connectivity index (χ4v) is 4.39. The molecule has 3 heterocycles. The van der Waals surface area contributed by atoms with Crippen LogP contribution in [0.4, 0.5) is 22.1 Å². The van der Waals surface area contributed by atoms with Gasteiger partial charge in [-0.2, -0.15) is 0 Å². The van der Waals surface area contributed by atoms with E-state index in [4.69, 9.17) is 0 Å². The van der Waals surface area contributed by atoms with Gasteiger partial charge >= 0.3 is 6.03 Å². The van der Waals surface area contributed by atoms with Crippen LogP contribution in [-0.4, -0.2) is 66.7 Å². The van der Waals surface area contributed by atoms with Crippen molar-refractivity contribution >= 4 is 35.1 Å². The molecule has 1 aromatic heterocycles. The smallest absolute Gasteiger partial charge is 0.321 e. The van der Waals surface area contributed by atoms with Crippen molar-refractivity contribution in [2.75, 3.05) is 60.6 Å². The zero-order chi connectivity index (χ0) is 20.9. The van der Waals surface area contributed by atoms with Gasteiger partial charge in [-0.25, -0.2) is 4.79 Å². The maximum Gasteiger partial charge on any atom is 0.321 e. The van der Waals surface area contributed by atoms with Crippen LogP contribution in [0.25, 0.3) is 0 Å². The fraction of sp³-hybridized carbons (Fsp3) is 0.500. The predicted molar refractivity (Wildman–Crippen MR) is 124 cm³/mol. The van der Waals surface area contributed by atoms with E-state index in [0.29, 0.717) is 13.1 Å². The van der Waals surface area contributed by atoms with E-state index in [-0.39, 0.29) is 6.03 Å². The molecule has 2 saturated heterocycles. The van der Waals surface area contributed by atoms with Crippen LogP contribution in [0.15, 0.2) is 41.3 Å². The number of carbonyl (C=O) groups excluding carboxylic acids is 1. The van der Waals surface area contributed by atoms with Crippen LogP contribution in [0, 0.1) is 5.92 Å². The standard InChI is InChI=1S/C22H30N6OS/c1-17-8-10-26(11-9-17)20-6-7-21(25-24-20)27-12-14-28(15-13-27)22(29)23-18-4-3-5-19(16-18)30-2/h3-7,16-17H,8-15H2,1-2H3,(H,23,29). The van der Waals surface area contributed by atoms with Crippen LogP contribution in [-0.2, 0) is 0 Å². The number of nitrogens with zero attached hydrogens (tertiary/aromatic N) is 5. The number of benzene rings is 1. The minimum Gasteiger partial charge on any atom is -0.355 e. The number of thioether (sulfide) groups is 1. The first kappa shape index (κ1) is 20.8. The minimum absolute atomic E-state index is 0.0475. The van der Waals surface area contributed by atoms with Crippen LogP contribution in [0.3, 0.4) is 0 Å². The van der Waals surface area contributed by atoms with Crippen molar-refractivity contribution < 1.29 is 4.79 Å². The van der Waals surface area contributed by atoms with Crippen LogP contribution >= 0.6 is 11.8 Å². The van der Waals surface area contributed by atoms with E-state index in [1.165, 1.54) is 12.8 Å². The first-order valence-corrected chi connectivity index (χ1v) is 11.9. The Balaban J connectivity index is 1.29. The summed E-state index contributed by atoms with van der Waals surface area (Å²) in [5.41, 5.74) is 0.836. The van der Waals surface area contributed by atoms with Crippen molar-refractivity contribution in [3.05, 3.63) is 36.4 Å². The molecule has 160 valence electrons. The second-order valence-corrected chi connectivity index (χ2v) is 8.94. The Labute approximate surface area is 182 Å². The second kappa shape index (κ2) is 9.55. The number of piperidine rings is 1. The van der Waals surface area contributed by atoms with E-state index in [2.05, 4.69) is 44.4 Å². The van der Waals surface area contributed by atoms with Gasteiger partial charge in [0.1, 0.15) is 0 Å². The summed E-state index contributed by atoms with van der Waals surface area (Å²) in [6.45, 7) is 7.28. The van der Waals surface area contributed by atoms with Gasteiger partial charge in [0.05, 0.1) is 0 Å². The molecule has 0 radical (unpaired) electrons. The van der Waals surface area contributed by atoms with Gasteiger partial charge in [0.2, 0.25) is 0 Å². The summed E-state index contributed by atoms with van der Waals surface area (Å²) in [5, 5.41) is 11.9. The van der Waals surface area contributed by atoms with Crippen molar-refractivity contribution in [2.45, 2.75) is 24.7 Å². The van der Waals surface area contributed by atoms with Gasteiger partial charge in [-0.05, 0) is 55.3 Å². The SMILES string of the molecule is CSc1cccc(NC(=O)N2CCN(c3ccc(N4CCC(C)CC4)nn3)CC2)c1. The van der Waals surface area contributed by atoms with Gasteiger partial charge in [-0.15, -0.1) is 22.0 Å². The highest BCUT2D eigenvalue weighted by Gasteiger charge is 2.23. The number of carbonyl (C=O) groups is 1. The minimum atomic E-state index is -0.0475. The van der Waals surface area contributed by atoms with Gasteiger partial charge in [0.15, 0.2) is 11.6 Å². The van der Waals surface area contributed by atoms with E-state index in [9.17, 15) is 4.79 Å². The molecule has 8 heteroatoms. The molecular formula is C22H30N6OS. The molecule has 0 unspecified atom stereocenters. The topological polar surface area (TPSA) is 64.6 Å². The molecule has 1 aromatic carbocycles. The average molecular weight is 427 g/mol. The van der Waals surface area contributed by atoms with Crippen molar-refractivity contribution in [3.63, 3.8) is 0 Å². The summed E-state index contributed by atoms with van der Waals surface area (Å²) >= 11 is 1.67. The molecule has 7 nitrogen and oxygen atoms in total. The highest BCUT2D eigenvalue weighted by atomic mass is 32.2. The van der Waals surface area contributed by atoms with E-state index >= 15 is 0 Å². The summed E-state index contributed by atoms with van der Waals surface area (Å²) in [7, 11) is 0. The number of hydrogen-bond donors (Lipinski definition) is 1. The van der Waals surface area contributed by atoms with Gasteiger partial charge in [0.25, 0.3) is 0 Å². The number of hydrogen-bond acceptors (Lipinski definition) is 6. The molecule has 2 aliphatic rings. The zero-order valence-corrected chi connectivity index (χ0v) is 18.6. The van der Waals surface area contributed by atoms with Crippen LogP contribution in [0.1, 0.15) is 19.8 Å². The van der Waals surface area contributed by atoms with Crippen LogP contribution in [0.2, 0.25) is 0 Å². The first-order valence-electron chi connectivity index (χ1n) is 10.7. The van der Waals surface area contributed by atoms with E-state index in [1.807, 2.05) is 35.4 Å². The number of anilines is 3. The molecule has 0 atom stereocenters. The largest absolute Gasteiger partial charge is 0.355 e. The lowest BCUT2D eigenvalue weighted by Crippen LogP contribution is -2.50. The number of piperazine rings is 1. The van der Waals surface area contributed by atoms with Crippen molar-refractivity contribution in [1.29, 1.82) is 0 Å². The molecule has 2 aliphatic heterocycles. The van der Waals surface area contributed by atoms with Crippen molar-refractivity contribution in [2.24, 2.45) is 5.92 Å². The van der Waals surface area contributed by atoms with Crippen LogP contribution < -0.4 is 15.1 Å². The quantitative estimate of drug-likeness (QED) is 0.751. The summed E-state index contributed by atoms with van der Waals surface area (Å²) < 4.78 is 0. The maximum absolute atomic E-state index is 12.6. The summed E-state index contributed by atoms with van der Waals surface area (Å²) in [6.07, 6.45) is 4.46. The third-order valence-electron chi connectivity index (χ3n) is 5.96. The normalized spacial score (nSPS) is 17.9.